The molecule has 2 unspecified atom stereocenters. The van der Waals surface area contributed by atoms with Gasteiger partial charge >= 0.3 is 5.97 Å². The van der Waals surface area contributed by atoms with Crippen LogP contribution in [-0.2, 0) is 9.36 Å². The van der Waals surface area contributed by atoms with Gasteiger partial charge < -0.3 is 10.8 Å². The third kappa shape index (κ3) is 0.566. The minimum Gasteiger partial charge on any atom is -0.480 e. The summed E-state index contributed by atoms with van der Waals surface area (Å²) in [5.41, 5.74) is 7.31. The zero-order valence-electron chi connectivity index (χ0n) is 6.47. The largest absolute Gasteiger partial charge is 0.480 e. The fraction of sp³-hybridized carbons (Fsp3) is 0.333. The second kappa shape index (κ2) is 1.71. The second-order valence-electron chi connectivity index (χ2n) is 3.22. The van der Waals surface area contributed by atoms with E-state index >= 15 is 0 Å². The first-order chi connectivity index (χ1) is 6.06. The Balaban J connectivity index is 1.80. The smallest absolute Gasteiger partial charge is 0.320 e. The topological polar surface area (TPSA) is 95.8 Å². The zero-order chi connectivity index (χ0) is 9.38. The molecule has 0 aromatic heterocycles. The van der Waals surface area contributed by atoms with E-state index in [1.807, 2.05) is 0 Å². The van der Waals surface area contributed by atoms with Crippen LogP contribution in [0.4, 0.5) is 0 Å². The summed E-state index contributed by atoms with van der Waals surface area (Å²) in [6, 6.07) is -0.922. The molecule has 0 amide bonds. The average molecular weight is 199 g/mol. The number of carboxylic acid groups (broad SMARTS) is 1. The van der Waals surface area contributed by atoms with Crippen LogP contribution in [0.5, 0.6) is 0 Å². The third-order valence-corrected chi connectivity index (χ3v) is 5.02. The minimum absolute atomic E-state index is 0.224. The van der Waals surface area contributed by atoms with E-state index < -0.39 is 19.3 Å². The highest BCUT2D eigenvalue weighted by atomic mass is 31.2. The molecule has 68 valence electrons. The lowest BCUT2D eigenvalue weighted by Crippen LogP contribution is -2.32. The number of nitrogens with zero attached hydrogens (tertiary/aromatic N) is 2. The summed E-state index contributed by atoms with van der Waals surface area (Å²) in [5, 5.41) is 8.54. The van der Waals surface area contributed by atoms with E-state index in [1.54, 1.807) is 4.67 Å². The number of amidine groups is 1. The standard InChI is InChI=1S/C6H6N3O3P/c7-2(5(10)11)1-3-4-8-6-9(3)13(4,6)12/h2H,1,7H2,(H,10,11). The molecule has 13 heavy (non-hydrogen) atoms. The summed E-state index contributed by atoms with van der Waals surface area (Å²) < 4.78 is 13.1. The van der Waals surface area contributed by atoms with Gasteiger partial charge in [0.15, 0.2) is 0 Å². The van der Waals surface area contributed by atoms with Crippen molar-refractivity contribution in [2.45, 2.75) is 12.5 Å². The van der Waals surface area contributed by atoms with E-state index in [-0.39, 0.29) is 6.42 Å². The van der Waals surface area contributed by atoms with Crippen molar-refractivity contribution >= 4 is 18.8 Å². The van der Waals surface area contributed by atoms with E-state index in [0.29, 0.717) is 11.0 Å². The lowest BCUT2D eigenvalue weighted by atomic mass is 10.2. The molecule has 0 bridgehead atoms. The van der Waals surface area contributed by atoms with Crippen molar-refractivity contribution < 1.29 is 14.5 Å². The van der Waals surface area contributed by atoms with Gasteiger partial charge in [0.25, 0.3) is 7.29 Å². The van der Waals surface area contributed by atoms with E-state index in [2.05, 4.69) is 4.99 Å². The molecule has 0 radical (unpaired) electrons. The summed E-state index contributed by atoms with van der Waals surface area (Å²) in [4.78, 5) is 14.4. The van der Waals surface area contributed by atoms with Crippen molar-refractivity contribution in [3.8, 4) is 0 Å². The molecule has 6 nitrogen and oxygen atoms in total. The summed E-state index contributed by atoms with van der Waals surface area (Å²) in [7, 11) is -2.22. The molecule has 3 heterocycles. The molecule has 0 aromatic carbocycles. The third-order valence-electron chi connectivity index (χ3n) is 2.44. The maximum absolute atomic E-state index is 11.4. The van der Waals surface area contributed by atoms with Gasteiger partial charge in [-0.25, -0.2) is 4.99 Å². The molecule has 0 spiro atoms. The highest BCUT2D eigenvalue weighted by Gasteiger charge is 2.77. The van der Waals surface area contributed by atoms with Crippen LogP contribution in [0.25, 0.3) is 0 Å². The van der Waals surface area contributed by atoms with Crippen molar-refractivity contribution in [2.75, 3.05) is 0 Å². The number of aliphatic imine (C=N–C) groups is 1. The summed E-state index contributed by atoms with van der Waals surface area (Å²) >= 11 is 0. The summed E-state index contributed by atoms with van der Waals surface area (Å²) in [5.74, 6) is -1.04. The summed E-state index contributed by atoms with van der Waals surface area (Å²) in [6.45, 7) is 0. The molecular formula is C6H6N3O3P. The monoisotopic (exact) mass is 199 g/mol. The lowest BCUT2D eigenvalue weighted by molar-refractivity contribution is -0.138. The number of aliphatic carboxylic acids is 1. The van der Waals surface area contributed by atoms with Crippen LogP contribution in [-0.4, -0.2) is 27.4 Å². The van der Waals surface area contributed by atoms with Gasteiger partial charge in [0.2, 0.25) is 5.58 Å². The SMILES string of the molecule is NC(CC1=C2N=C3N1P32=O)C(=O)O. The van der Waals surface area contributed by atoms with E-state index in [0.717, 1.165) is 5.70 Å². The van der Waals surface area contributed by atoms with Gasteiger partial charge in [-0.2, -0.15) is 0 Å². The maximum atomic E-state index is 11.4. The number of nitrogens with two attached hydrogens (primary N) is 1. The number of fused-ring (bicyclic) bond motifs is 1. The Labute approximate surface area is 73.2 Å². The van der Waals surface area contributed by atoms with Crippen LogP contribution in [0.1, 0.15) is 6.42 Å². The number of rotatable bonds is 3. The molecule has 0 aromatic rings. The predicted molar refractivity (Wildman–Crippen MR) is 44.1 cm³/mol. The normalized spacial score (nSPS) is 34.2. The number of carbonyl (C=O) groups is 1. The van der Waals surface area contributed by atoms with Gasteiger partial charge in [-0.3, -0.25) is 14.0 Å². The Bertz CT molecular complexity index is 452. The van der Waals surface area contributed by atoms with Gasteiger partial charge in [-0.1, -0.05) is 0 Å². The highest BCUT2D eigenvalue weighted by Crippen LogP contribution is 2.90. The van der Waals surface area contributed by atoms with Gasteiger partial charge in [-0.05, 0) is 0 Å². The first-order valence-electron chi connectivity index (χ1n) is 3.79. The molecule has 2 atom stereocenters. The van der Waals surface area contributed by atoms with Gasteiger partial charge in [-0.15, -0.1) is 0 Å². The number of carboxylic acids is 1. The number of hydrogen-bond acceptors (Lipinski definition) is 4. The molecule has 1 fully saturated rings. The first kappa shape index (κ1) is 7.29. The molecule has 3 aliphatic heterocycles. The minimum atomic E-state index is -2.22. The quantitative estimate of drug-likeness (QED) is 0.490. The molecule has 0 aliphatic carbocycles. The molecule has 7 heteroatoms. The zero-order valence-corrected chi connectivity index (χ0v) is 7.36. The van der Waals surface area contributed by atoms with Crippen molar-refractivity contribution in [1.29, 1.82) is 0 Å². The van der Waals surface area contributed by atoms with Crippen LogP contribution in [0.3, 0.4) is 0 Å². The van der Waals surface area contributed by atoms with Crippen LogP contribution in [0.15, 0.2) is 16.1 Å². The lowest BCUT2D eigenvalue weighted by Gasteiger charge is -2.19. The maximum Gasteiger partial charge on any atom is 0.320 e. The molecule has 3 aliphatic rings. The molecule has 3 rings (SSSR count). The van der Waals surface area contributed by atoms with Crippen molar-refractivity contribution in [2.24, 2.45) is 10.7 Å². The second-order valence-corrected chi connectivity index (χ2v) is 5.59. The van der Waals surface area contributed by atoms with Gasteiger partial charge in [0.05, 0.1) is 5.70 Å². The number of hydrogen-bond donors (Lipinski definition) is 2. The van der Waals surface area contributed by atoms with Crippen molar-refractivity contribution in [1.82, 2.24) is 4.67 Å². The Morgan fingerprint density at radius 3 is 2.85 bits per heavy atom. The molecule has 3 N–H and O–H groups in total. The first-order valence-corrected chi connectivity index (χ1v) is 5.45. The van der Waals surface area contributed by atoms with E-state index in [4.69, 9.17) is 10.8 Å². The van der Waals surface area contributed by atoms with Crippen LogP contribution >= 0.6 is 7.29 Å². The Hall–Kier alpha value is -1.13. The Kier molecular flexibility index (Phi) is 0.960. The molecule has 0 saturated carbocycles. The van der Waals surface area contributed by atoms with Gasteiger partial charge in [0.1, 0.15) is 11.5 Å². The van der Waals surface area contributed by atoms with Gasteiger partial charge in [0, 0.05) is 6.42 Å². The van der Waals surface area contributed by atoms with Crippen LogP contribution < -0.4 is 5.73 Å². The Morgan fingerprint density at radius 1 is 1.77 bits per heavy atom. The predicted octanol–water partition coefficient (Wildman–Crippen LogP) is -0.0656. The average Bonchev–Trinajstić information content (AvgIpc) is 2.47. The van der Waals surface area contributed by atoms with E-state index in [9.17, 15) is 9.36 Å². The highest BCUT2D eigenvalue weighted by molar-refractivity contribution is 7.96. The molecule has 1 saturated heterocycles. The van der Waals surface area contributed by atoms with Crippen LogP contribution in [0.2, 0.25) is 0 Å². The Morgan fingerprint density at radius 2 is 2.46 bits per heavy atom. The van der Waals surface area contributed by atoms with Crippen molar-refractivity contribution in [3.05, 3.63) is 11.1 Å². The van der Waals surface area contributed by atoms with Crippen molar-refractivity contribution in [3.63, 3.8) is 0 Å². The fourth-order valence-electron chi connectivity index (χ4n) is 1.67. The summed E-state index contributed by atoms with van der Waals surface area (Å²) in [6.07, 6.45) is 0.224. The molecular weight excluding hydrogens is 193 g/mol. The fourth-order valence-corrected chi connectivity index (χ4v) is 4.08. The van der Waals surface area contributed by atoms with Crippen LogP contribution in [0, 0.1) is 0 Å². The van der Waals surface area contributed by atoms with E-state index in [1.165, 1.54) is 0 Å².